The van der Waals surface area contributed by atoms with Gasteiger partial charge in [0.15, 0.2) is 5.78 Å². The fraction of sp³-hybridized carbons (Fsp3) is 0.731. The summed E-state index contributed by atoms with van der Waals surface area (Å²) < 4.78 is 44.6. The van der Waals surface area contributed by atoms with Gasteiger partial charge in [0.25, 0.3) is 5.97 Å². The zero-order valence-corrected chi connectivity index (χ0v) is 21.1. The lowest BCUT2D eigenvalue weighted by molar-refractivity contribution is -0.462. The molecule has 0 saturated carbocycles. The van der Waals surface area contributed by atoms with E-state index >= 15 is 0 Å². The Morgan fingerprint density at radius 3 is 1.86 bits per heavy atom. The van der Waals surface area contributed by atoms with Crippen molar-refractivity contribution in [1.29, 1.82) is 0 Å². The molecule has 3 heterocycles. The monoisotopic (exact) mass is 496 g/mol. The van der Waals surface area contributed by atoms with Crippen molar-refractivity contribution in [3.63, 3.8) is 0 Å². The van der Waals surface area contributed by atoms with Crippen LogP contribution in [0.5, 0.6) is 0 Å². The van der Waals surface area contributed by atoms with Gasteiger partial charge in [0.2, 0.25) is 0 Å². The number of rotatable bonds is 19. The SMILES string of the molecule is CC(=O)c1cccc(CCCOCCOCCOCCOCCOCC23COC(C)(OC2)OC3)c1. The molecule has 0 aliphatic carbocycles. The van der Waals surface area contributed by atoms with Crippen molar-refractivity contribution < 1.29 is 42.7 Å². The van der Waals surface area contributed by atoms with Gasteiger partial charge in [0.05, 0.1) is 84.7 Å². The number of ether oxygens (including phenoxy) is 8. The van der Waals surface area contributed by atoms with Crippen molar-refractivity contribution in [2.75, 3.05) is 85.9 Å². The van der Waals surface area contributed by atoms with Gasteiger partial charge in [-0.05, 0) is 31.4 Å². The molecule has 0 aromatic heterocycles. The molecule has 0 spiro atoms. The highest BCUT2D eigenvalue weighted by molar-refractivity contribution is 5.94. The molecule has 0 N–H and O–H groups in total. The van der Waals surface area contributed by atoms with E-state index in [1.54, 1.807) is 13.8 Å². The Bertz CT molecular complexity index is 730. The largest absolute Gasteiger partial charge is 0.379 e. The summed E-state index contributed by atoms with van der Waals surface area (Å²) in [7, 11) is 0. The fourth-order valence-corrected chi connectivity index (χ4v) is 3.72. The van der Waals surface area contributed by atoms with E-state index in [9.17, 15) is 4.79 Å². The summed E-state index contributed by atoms with van der Waals surface area (Å²) in [5.41, 5.74) is 1.70. The van der Waals surface area contributed by atoms with Crippen LogP contribution in [0.3, 0.4) is 0 Å². The molecule has 3 aliphatic rings. The molecule has 3 aliphatic heterocycles. The standard InChI is InChI=1S/C26H40O9/c1-22(27)24-7-3-5-23(17-24)6-4-8-28-9-10-29-11-12-30-13-14-31-15-16-32-18-26-19-33-25(2,34-20-26)35-21-26/h3,5,7,17H,4,6,8-16,18-21H2,1-2H3. The Hall–Kier alpha value is -1.43. The number of hydrogen-bond donors (Lipinski definition) is 0. The third-order valence-electron chi connectivity index (χ3n) is 5.91. The molecule has 3 fully saturated rings. The van der Waals surface area contributed by atoms with Gasteiger partial charge in [0, 0.05) is 19.1 Å². The lowest BCUT2D eigenvalue weighted by atomic mass is 9.90. The Labute approximate surface area is 208 Å². The van der Waals surface area contributed by atoms with Gasteiger partial charge in [0.1, 0.15) is 0 Å². The molecule has 4 rings (SSSR count). The summed E-state index contributed by atoms with van der Waals surface area (Å²) in [6, 6.07) is 7.76. The van der Waals surface area contributed by atoms with Crippen LogP contribution in [0, 0.1) is 5.41 Å². The Morgan fingerprint density at radius 2 is 1.31 bits per heavy atom. The third-order valence-corrected chi connectivity index (χ3v) is 5.91. The van der Waals surface area contributed by atoms with Gasteiger partial charge < -0.3 is 37.9 Å². The number of Topliss-reactive ketones (excluding diaryl/α,β-unsaturated/α-hetero) is 1. The normalized spacial score (nSPS) is 23.6. The van der Waals surface area contributed by atoms with Gasteiger partial charge >= 0.3 is 0 Å². The summed E-state index contributed by atoms with van der Waals surface area (Å²) in [4.78, 5) is 11.4. The van der Waals surface area contributed by atoms with Crippen molar-refractivity contribution in [2.45, 2.75) is 32.7 Å². The predicted octanol–water partition coefficient (Wildman–Crippen LogP) is 2.64. The molecule has 0 atom stereocenters. The average molecular weight is 497 g/mol. The van der Waals surface area contributed by atoms with Crippen LogP contribution in [0.25, 0.3) is 0 Å². The maximum atomic E-state index is 11.4. The van der Waals surface area contributed by atoms with E-state index < -0.39 is 5.97 Å². The maximum Gasteiger partial charge on any atom is 0.279 e. The van der Waals surface area contributed by atoms with Gasteiger partial charge in [-0.15, -0.1) is 0 Å². The molecule has 0 radical (unpaired) electrons. The first kappa shape index (κ1) is 28.1. The summed E-state index contributed by atoms with van der Waals surface area (Å²) >= 11 is 0. The summed E-state index contributed by atoms with van der Waals surface area (Å²) in [6.45, 7) is 10.5. The second-order valence-corrected chi connectivity index (χ2v) is 9.09. The first-order valence-corrected chi connectivity index (χ1v) is 12.4. The van der Waals surface area contributed by atoms with E-state index in [0.717, 1.165) is 24.0 Å². The molecule has 0 amide bonds. The summed E-state index contributed by atoms with van der Waals surface area (Å²) in [6.07, 6.45) is 1.80. The van der Waals surface area contributed by atoms with E-state index in [4.69, 9.17) is 37.9 Å². The van der Waals surface area contributed by atoms with Crippen molar-refractivity contribution in [1.82, 2.24) is 0 Å². The average Bonchev–Trinajstić information content (AvgIpc) is 2.87. The van der Waals surface area contributed by atoms with E-state index in [2.05, 4.69) is 0 Å². The molecular weight excluding hydrogens is 456 g/mol. The predicted molar refractivity (Wildman–Crippen MR) is 128 cm³/mol. The van der Waals surface area contributed by atoms with Crippen LogP contribution in [0.1, 0.15) is 36.2 Å². The Morgan fingerprint density at radius 1 is 0.800 bits per heavy atom. The molecule has 35 heavy (non-hydrogen) atoms. The number of carbonyl (C=O) groups excluding carboxylic acids is 1. The molecule has 2 bridgehead atoms. The molecule has 9 nitrogen and oxygen atoms in total. The first-order chi connectivity index (χ1) is 17.0. The number of ketones is 1. The number of hydrogen-bond acceptors (Lipinski definition) is 9. The maximum absolute atomic E-state index is 11.4. The summed E-state index contributed by atoms with van der Waals surface area (Å²) in [5, 5.41) is 0. The zero-order chi connectivity index (χ0) is 24.8. The highest BCUT2D eigenvalue weighted by atomic mass is 16.9. The minimum atomic E-state index is -0.878. The van der Waals surface area contributed by atoms with Crippen LogP contribution in [0.15, 0.2) is 24.3 Å². The lowest BCUT2D eigenvalue weighted by Gasteiger charge is -2.50. The van der Waals surface area contributed by atoms with Gasteiger partial charge in [-0.25, -0.2) is 0 Å². The zero-order valence-electron chi connectivity index (χ0n) is 21.1. The Kier molecular flexibility index (Phi) is 12.0. The number of carbonyl (C=O) groups is 1. The fourth-order valence-electron chi connectivity index (χ4n) is 3.72. The molecule has 3 saturated heterocycles. The van der Waals surface area contributed by atoms with Crippen molar-refractivity contribution in [3.05, 3.63) is 35.4 Å². The molecule has 1 aromatic rings. The highest BCUT2D eigenvalue weighted by Gasteiger charge is 2.50. The quantitative estimate of drug-likeness (QED) is 0.212. The van der Waals surface area contributed by atoms with E-state index in [0.29, 0.717) is 85.9 Å². The number of aryl methyl sites for hydroxylation is 1. The van der Waals surface area contributed by atoms with Crippen LogP contribution >= 0.6 is 0 Å². The topological polar surface area (TPSA) is 90.9 Å². The number of fused-ring (bicyclic) bond motifs is 3. The summed E-state index contributed by atoms with van der Waals surface area (Å²) in [5.74, 6) is -0.785. The van der Waals surface area contributed by atoms with Crippen LogP contribution in [-0.2, 0) is 44.3 Å². The highest BCUT2D eigenvalue weighted by Crippen LogP contribution is 2.38. The van der Waals surface area contributed by atoms with Crippen molar-refractivity contribution in [3.8, 4) is 0 Å². The Balaban J connectivity index is 1.03. The van der Waals surface area contributed by atoms with Gasteiger partial charge in [-0.1, -0.05) is 18.2 Å². The van der Waals surface area contributed by atoms with E-state index in [1.165, 1.54) is 0 Å². The van der Waals surface area contributed by atoms with Crippen LogP contribution in [0.2, 0.25) is 0 Å². The van der Waals surface area contributed by atoms with Gasteiger partial charge in [-0.2, -0.15) is 0 Å². The van der Waals surface area contributed by atoms with Crippen molar-refractivity contribution in [2.24, 2.45) is 5.41 Å². The van der Waals surface area contributed by atoms with Crippen molar-refractivity contribution >= 4 is 5.78 Å². The number of benzene rings is 1. The second kappa shape index (κ2) is 15.0. The first-order valence-electron chi connectivity index (χ1n) is 12.4. The van der Waals surface area contributed by atoms with Gasteiger partial charge in [-0.3, -0.25) is 4.79 Å². The molecular formula is C26H40O9. The van der Waals surface area contributed by atoms with Crippen LogP contribution in [-0.4, -0.2) is 97.6 Å². The second-order valence-electron chi connectivity index (χ2n) is 9.09. The van der Waals surface area contributed by atoms with Crippen LogP contribution in [0.4, 0.5) is 0 Å². The molecule has 0 unspecified atom stereocenters. The molecule has 9 heteroatoms. The molecule has 1 aromatic carbocycles. The third kappa shape index (κ3) is 10.2. The molecule has 198 valence electrons. The van der Waals surface area contributed by atoms with E-state index in [-0.39, 0.29) is 11.2 Å². The smallest absolute Gasteiger partial charge is 0.279 e. The van der Waals surface area contributed by atoms with Crippen LogP contribution < -0.4 is 0 Å². The van der Waals surface area contributed by atoms with E-state index in [1.807, 2.05) is 24.3 Å². The minimum absolute atomic E-state index is 0.0934. The minimum Gasteiger partial charge on any atom is -0.379 e. The lowest BCUT2D eigenvalue weighted by Crippen LogP contribution is -2.60.